The van der Waals surface area contributed by atoms with Gasteiger partial charge in [-0.15, -0.1) is 11.3 Å². The number of hydrogen-bond acceptors (Lipinski definition) is 4. The zero-order valence-corrected chi connectivity index (χ0v) is 10.6. The topological polar surface area (TPSA) is 70.1 Å². The smallest absolute Gasteiger partial charge is 0.271 e. The number of aromatic amines is 1. The predicted octanol–water partition coefficient (Wildman–Crippen LogP) is 2.39. The number of nitrogens with one attached hydrogen (secondary N) is 2. The van der Waals surface area contributed by atoms with Crippen molar-refractivity contribution in [2.75, 3.05) is 0 Å². The van der Waals surface area contributed by atoms with Crippen LogP contribution < -0.4 is 5.43 Å². The maximum absolute atomic E-state index is 11.9. The summed E-state index contributed by atoms with van der Waals surface area (Å²) in [7, 11) is 0. The molecule has 0 radical (unpaired) electrons. The van der Waals surface area contributed by atoms with Crippen molar-refractivity contribution < 1.29 is 4.79 Å². The van der Waals surface area contributed by atoms with Crippen molar-refractivity contribution in [3.63, 3.8) is 0 Å². The van der Waals surface area contributed by atoms with Crippen molar-refractivity contribution in [2.45, 2.75) is 0 Å². The molecule has 0 bridgehead atoms. The highest BCUT2D eigenvalue weighted by Crippen LogP contribution is 2.11. The molecule has 2 N–H and O–H groups in total. The average molecular weight is 270 g/mol. The maximum atomic E-state index is 11.9. The molecule has 2 heterocycles. The number of carbonyl (C=O) groups is 1. The molecule has 0 spiro atoms. The molecule has 0 aliphatic heterocycles. The number of imidazole rings is 1. The molecule has 0 atom stereocenters. The second kappa shape index (κ2) is 5.03. The number of hydrazone groups is 1. The highest BCUT2D eigenvalue weighted by Gasteiger charge is 2.05. The van der Waals surface area contributed by atoms with Gasteiger partial charge in [-0.3, -0.25) is 4.79 Å². The van der Waals surface area contributed by atoms with E-state index in [1.807, 2.05) is 17.5 Å². The molecule has 1 aromatic carbocycles. The standard InChI is InChI=1S/C13H10N4OS/c18-13(17-16-7-10-2-1-5-19-10)9-3-4-11-12(6-9)15-8-14-11/h1-8H,(H,14,15)(H,17,18)/b16-7+. The van der Waals surface area contributed by atoms with E-state index in [9.17, 15) is 4.79 Å². The summed E-state index contributed by atoms with van der Waals surface area (Å²) in [5, 5.41) is 5.87. The van der Waals surface area contributed by atoms with Gasteiger partial charge in [0.1, 0.15) is 0 Å². The Hall–Kier alpha value is -2.47. The highest BCUT2D eigenvalue weighted by atomic mass is 32.1. The Morgan fingerprint density at radius 3 is 3.21 bits per heavy atom. The minimum Gasteiger partial charge on any atom is -0.345 e. The van der Waals surface area contributed by atoms with Gasteiger partial charge in [-0.2, -0.15) is 5.10 Å². The van der Waals surface area contributed by atoms with Crippen molar-refractivity contribution in [1.82, 2.24) is 15.4 Å². The summed E-state index contributed by atoms with van der Waals surface area (Å²) in [5.41, 5.74) is 4.70. The third kappa shape index (κ3) is 2.53. The summed E-state index contributed by atoms with van der Waals surface area (Å²) < 4.78 is 0. The number of thiophene rings is 1. The normalized spacial score (nSPS) is 11.2. The quantitative estimate of drug-likeness (QED) is 0.566. The van der Waals surface area contributed by atoms with Crippen LogP contribution in [0.1, 0.15) is 15.2 Å². The van der Waals surface area contributed by atoms with E-state index in [4.69, 9.17) is 0 Å². The number of nitrogens with zero attached hydrogens (tertiary/aromatic N) is 2. The van der Waals surface area contributed by atoms with Crippen LogP contribution in [0.3, 0.4) is 0 Å². The molecule has 94 valence electrons. The lowest BCUT2D eigenvalue weighted by molar-refractivity contribution is 0.0955. The van der Waals surface area contributed by atoms with E-state index in [-0.39, 0.29) is 5.91 Å². The van der Waals surface area contributed by atoms with Crippen LogP contribution in [0.5, 0.6) is 0 Å². The fourth-order valence-electron chi connectivity index (χ4n) is 1.66. The number of H-pyrrole nitrogens is 1. The summed E-state index contributed by atoms with van der Waals surface area (Å²) >= 11 is 1.56. The zero-order valence-electron chi connectivity index (χ0n) is 9.83. The molecule has 0 fully saturated rings. The lowest BCUT2D eigenvalue weighted by Gasteiger charge is -1.99. The van der Waals surface area contributed by atoms with E-state index in [1.165, 1.54) is 0 Å². The Bertz CT molecular complexity index is 730. The van der Waals surface area contributed by atoms with Gasteiger partial charge in [0, 0.05) is 10.4 Å². The number of fused-ring (bicyclic) bond motifs is 1. The first-order valence-corrected chi connectivity index (χ1v) is 6.51. The number of rotatable bonds is 3. The van der Waals surface area contributed by atoms with Crippen molar-refractivity contribution in [2.24, 2.45) is 5.10 Å². The molecule has 0 saturated carbocycles. The fraction of sp³-hybridized carbons (Fsp3) is 0. The first kappa shape index (κ1) is 11.6. The Morgan fingerprint density at radius 2 is 2.37 bits per heavy atom. The second-order valence-electron chi connectivity index (χ2n) is 3.85. The molecular weight excluding hydrogens is 260 g/mol. The number of carbonyl (C=O) groups excluding carboxylic acids is 1. The Morgan fingerprint density at radius 1 is 1.42 bits per heavy atom. The van der Waals surface area contributed by atoms with Gasteiger partial charge in [-0.25, -0.2) is 10.4 Å². The Kier molecular flexibility index (Phi) is 3.07. The number of hydrogen-bond donors (Lipinski definition) is 2. The minimum absolute atomic E-state index is 0.246. The molecule has 0 aliphatic rings. The van der Waals surface area contributed by atoms with Gasteiger partial charge in [-0.1, -0.05) is 6.07 Å². The van der Waals surface area contributed by atoms with Crippen LogP contribution in [0.25, 0.3) is 11.0 Å². The molecule has 2 aromatic heterocycles. The van der Waals surface area contributed by atoms with Crippen molar-refractivity contribution in [3.05, 3.63) is 52.5 Å². The van der Waals surface area contributed by atoms with Gasteiger partial charge in [-0.05, 0) is 29.6 Å². The van der Waals surface area contributed by atoms with Gasteiger partial charge in [0.2, 0.25) is 0 Å². The van der Waals surface area contributed by atoms with E-state index in [0.717, 1.165) is 15.9 Å². The Balaban J connectivity index is 1.72. The van der Waals surface area contributed by atoms with Crippen LogP contribution in [-0.4, -0.2) is 22.1 Å². The van der Waals surface area contributed by atoms with Gasteiger partial charge in [0.25, 0.3) is 5.91 Å². The van der Waals surface area contributed by atoms with E-state index < -0.39 is 0 Å². The molecule has 3 rings (SSSR count). The third-order valence-electron chi connectivity index (χ3n) is 2.58. The molecule has 19 heavy (non-hydrogen) atoms. The highest BCUT2D eigenvalue weighted by molar-refractivity contribution is 7.11. The Labute approximate surface area is 113 Å². The predicted molar refractivity (Wildman–Crippen MR) is 75.5 cm³/mol. The first-order valence-electron chi connectivity index (χ1n) is 5.63. The molecular formula is C13H10N4OS. The van der Waals surface area contributed by atoms with Gasteiger partial charge in [0.15, 0.2) is 0 Å². The van der Waals surface area contributed by atoms with E-state index >= 15 is 0 Å². The number of aromatic nitrogens is 2. The zero-order chi connectivity index (χ0) is 13.1. The van der Waals surface area contributed by atoms with Gasteiger partial charge < -0.3 is 4.98 Å². The third-order valence-corrected chi connectivity index (χ3v) is 3.39. The monoisotopic (exact) mass is 270 g/mol. The van der Waals surface area contributed by atoms with Crippen molar-refractivity contribution in [1.29, 1.82) is 0 Å². The van der Waals surface area contributed by atoms with Crippen LogP contribution in [-0.2, 0) is 0 Å². The minimum atomic E-state index is -0.246. The molecule has 0 aliphatic carbocycles. The average Bonchev–Trinajstić information content (AvgIpc) is 3.08. The summed E-state index contributed by atoms with van der Waals surface area (Å²) in [6.07, 6.45) is 3.22. The molecule has 0 unspecified atom stereocenters. The first-order chi connectivity index (χ1) is 9.33. The largest absolute Gasteiger partial charge is 0.345 e. The van der Waals surface area contributed by atoms with Crippen LogP contribution in [0.4, 0.5) is 0 Å². The van der Waals surface area contributed by atoms with Gasteiger partial charge >= 0.3 is 0 Å². The summed E-state index contributed by atoms with van der Waals surface area (Å²) in [6, 6.07) is 9.12. The van der Waals surface area contributed by atoms with E-state index in [2.05, 4.69) is 20.5 Å². The molecule has 5 nitrogen and oxygen atoms in total. The fourth-order valence-corrected chi connectivity index (χ4v) is 2.25. The lowest BCUT2D eigenvalue weighted by atomic mass is 10.2. The second-order valence-corrected chi connectivity index (χ2v) is 4.83. The summed E-state index contributed by atoms with van der Waals surface area (Å²) in [4.78, 5) is 19.9. The SMILES string of the molecule is O=C(N/N=C/c1cccs1)c1ccc2nc[nH]c2c1. The molecule has 0 saturated heterocycles. The van der Waals surface area contributed by atoms with Crippen LogP contribution in [0.2, 0.25) is 0 Å². The van der Waals surface area contributed by atoms with Crippen molar-refractivity contribution in [3.8, 4) is 0 Å². The van der Waals surface area contributed by atoms with Crippen LogP contribution in [0.15, 0.2) is 47.1 Å². The molecule has 6 heteroatoms. The lowest BCUT2D eigenvalue weighted by Crippen LogP contribution is -2.17. The van der Waals surface area contributed by atoms with Crippen LogP contribution in [0, 0.1) is 0 Å². The van der Waals surface area contributed by atoms with Crippen LogP contribution >= 0.6 is 11.3 Å². The molecule has 1 amide bonds. The van der Waals surface area contributed by atoms with Crippen molar-refractivity contribution >= 4 is 34.5 Å². The van der Waals surface area contributed by atoms with Gasteiger partial charge in [0.05, 0.1) is 23.6 Å². The molecule has 3 aromatic rings. The van der Waals surface area contributed by atoms with E-state index in [0.29, 0.717) is 5.56 Å². The summed E-state index contributed by atoms with van der Waals surface area (Å²) in [6.45, 7) is 0. The van der Waals surface area contributed by atoms with E-state index in [1.54, 1.807) is 42.1 Å². The summed E-state index contributed by atoms with van der Waals surface area (Å²) in [5.74, 6) is -0.246. The number of amides is 1. The maximum Gasteiger partial charge on any atom is 0.271 e. The number of benzene rings is 1.